The number of nitrogens with two attached hydrogens (primary N) is 1. The summed E-state index contributed by atoms with van der Waals surface area (Å²) >= 11 is 0. The lowest BCUT2D eigenvalue weighted by molar-refractivity contribution is 0.0939. The average molecular weight is 252 g/mol. The first kappa shape index (κ1) is 12.8. The van der Waals surface area contributed by atoms with Crippen LogP contribution in [0.15, 0.2) is 18.2 Å². The van der Waals surface area contributed by atoms with E-state index in [1.54, 1.807) is 6.07 Å². The second-order valence-electron chi connectivity index (χ2n) is 4.53. The van der Waals surface area contributed by atoms with Crippen LogP contribution in [-0.2, 0) is 0 Å². The topological polar surface area (TPSA) is 70.4 Å². The van der Waals surface area contributed by atoms with Gasteiger partial charge in [-0.25, -0.2) is 4.39 Å². The molecule has 1 unspecified atom stereocenters. The quantitative estimate of drug-likeness (QED) is 0.542. The number of likely N-dealkylation sites (tertiary alicyclic amines) is 1. The van der Waals surface area contributed by atoms with Crippen LogP contribution in [0, 0.1) is 5.82 Å². The molecule has 4 N–H and O–H groups in total. The Morgan fingerprint density at radius 2 is 2.33 bits per heavy atom. The number of halogens is 1. The molecule has 1 aliphatic rings. The van der Waals surface area contributed by atoms with Crippen LogP contribution in [0.3, 0.4) is 0 Å². The maximum Gasteiger partial charge on any atom is 0.253 e. The van der Waals surface area contributed by atoms with Crippen LogP contribution in [0.1, 0.15) is 16.8 Å². The van der Waals surface area contributed by atoms with Crippen LogP contribution < -0.4 is 16.6 Å². The number of nitrogens with zero attached hydrogens (tertiary/aromatic N) is 1. The van der Waals surface area contributed by atoms with Crippen LogP contribution in [0.4, 0.5) is 10.1 Å². The van der Waals surface area contributed by atoms with E-state index in [-0.39, 0.29) is 23.2 Å². The number of hydrazine groups is 1. The van der Waals surface area contributed by atoms with Crippen molar-refractivity contribution >= 4 is 11.6 Å². The molecule has 1 amide bonds. The number of nitrogens with one attached hydrogen (secondary N) is 2. The summed E-state index contributed by atoms with van der Waals surface area (Å²) in [6, 6.07) is 4.41. The van der Waals surface area contributed by atoms with E-state index in [4.69, 9.17) is 5.84 Å². The van der Waals surface area contributed by atoms with E-state index in [0.29, 0.717) is 0 Å². The Labute approximate surface area is 105 Å². The lowest BCUT2D eigenvalue weighted by Gasteiger charge is -2.15. The van der Waals surface area contributed by atoms with Gasteiger partial charge in [0.05, 0.1) is 11.3 Å². The number of benzene rings is 1. The molecule has 1 heterocycles. The second kappa shape index (κ2) is 5.32. The van der Waals surface area contributed by atoms with Crippen molar-refractivity contribution in [2.45, 2.75) is 12.5 Å². The molecule has 1 saturated heterocycles. The third-order valence-corrected chi connectivity index (χ3v) is 3.13. The molecule has 0 aliphatic carbocycles. The summed E-state index contributed by atoms with van der Waals surface area (Å²) < 4.78 is 13.5. The zero-order valence-corrected chi connectivity index (χ0v) is 10.2. The van der Waals surface area contributed by atoms with Crippen molar-refractivity contribution in [1.82, 2.24) is 10.2 Å². The number of para-hydroxylation sites is 1. The predicted octanol–water partition coefficient (Wildman–Crippen LogP) is 0.545. The van der Waals surface area contributed by atoms with Gasteiger partial charge in [-0.1, -0.05) is 6.07 Å². The summed E-state index contributed by atoms with van der Waals surface area (Å²) in [6.07, 6.45) is 0.906. The smallest absolute Gasteiger partial charge is 0.253 e. The maximum absolute atomic E-state index is 13.5. The molecule has 0 aromatic heterocycles. The summed E-state index contributed by atoms with van der Waals surface area (Å²) in [4.78, 5) is 14.2. The van der Waals surface area contributed by atoms with Gasteiger partial charge < -0.3 is 15.6 Å². The van der Waals surface area contributed by atoms with E-state index in [1.165, 1.54) is 12.1 Å². The predicted molar refractivity (Wildman–Crippen MR) is 67.6 cm³/mol. The van der Waals surface area contributed by atoms with Gasteiger partial charge in [0.2, 0.25) is 0 Å². The molecule has 98 valence electrons. The summed E-state index contributed by atoms with van der Waals surface area (Å²) in [7, 11) is 2.00. The van der Waals surface area contributed by atoms with E-state index in [2.05, 4.69) is 15.6 Å². The minimum atomic E-state index is -0.534. The Kier molecular flexibility index (Phi) is 3.78. The summed E-state index contributed by atoms with van der Waals surface area (Å²) in [5.74, 6) is 4.40. The molecular weight excluding hydrogens is 235 g/mol. The third-order valence-electron chi connectivity index (χ3n) is 3.13. The van der Waals surface area contributed by atoms with Crippen molar-refractivity contribution < 1.29 is 9.18 Å². The first-order valence-corrected chi connectivity index (χ1v) is 5.86. The van der Waals surface area contributed by atoms with Gasteiger partial charge in [0.15, 0.2) is 0 Å². The minimum absolute atomic E-state index is 0.0290. The van der Waals surface area contributed by atoms with Crippen molar-refractivity contribution in [1.29, 1.82) is 0 Å². The highest BCUT2D eigenvalue weighted by molar-refractivity contribution is 5.99. The zero-order valence-electron chi connectivity index (χ0n) is 10.2. The van der Waals surface area contributed by atoms with Gasteiger partial charge in [-0.2, -0.15) is 0 Å². The molecule has 1 aromatic rings. The maximum atomic E-state index is 13.5. The third kappa shape index (κ3) is 2.60. The van der Waals surface area contributed by atoms with Crippen molar-refractivity contribution in [3.63, 3.8) is 0 Å². The molecule has 6 heteroatoms. The molecule has 0 spiro atoms. The van der Waals surface area contributed by atoms with Gasteiger partial charge >= 0.3 is 0 Å². The van der Waals surface area contributed by atoms with Crippen molar-refractivity contribution in [2.24, 2.45) is 5.84 Å². The molecule has 2 rings (SSSR count). The fraction of sp³-hybridized carbons (Fsp3) is 0.417. The number of likely N-dealkylation sites (N-methyl/N-ethyl adjacent to an activating group) is 1. The number of anilines is 1. The van der Waals surface area contributed by atoms with E-state index in [0.717, 1.165) is 19.5 Å². The number of amides is 1. The molecular formula is C12H17FN4O. The van der Waals surface area contributed by atoms with E-state index >= 15 is 0 Å². The van der Waals surface area contributed by atoms with Crippen LogP contribution in [0.2, 0.25) is 0 Å². The van der Waals surface area contributed by atoms with Crippen LogP contribution in [-0.4, -0.2) is 37.0 Å². The van der Waals surface area contributed by atoms with E-state index < -0.39 is 5.82 Å². The molecule has 1 aliphatic heterocycles. The molecule has 1 fully saturated rings. The van der Waals surface area contributed by atoms with Gasteiger partial charge in [-0.05, 0) is 32.1 Å². The van der Waals surface area contributed by atoms with Gasteiger partial charge in [0.1, 0.15) is 5.82 Å². The van der Waals surface area contributed by atoms with Crippen molar-refractivity contribution in [3.05, 3.63) is 29.6 Å². The first-order chi connectivity index (χ1) is 8.61. The monoisotopic (exact) mass is 252 g/mol. The SMILES string of the molecule is CN1CCC(NC(=O)c2cccc(F)c2NN)C1. The highest BCUT2D eigenvalue weighted by Gasteiger charge is 2.23. The highest BCUT2D eigenvalue weighted by atomic mass is 19.1. The number of hydrogen-bond donors (Lipinski definition) is 3. The second-order valence-corrected chi connectivity index (χ2v) is 4.53. The van der Waals surface area contributed by atoms with Gasteiger partial charge in [-0.3, -0.25) is 10.6 Å². The number of hydrogen-bond acceptors (Lipinski definition) is 4. The zero-order chi connectivity index (χ0) is 13.1. The molecule has 1 aromatic carbocycles. The molecule has 18 heavy (non-hydrogen) atoms. The van der Waals surface area contributed by atoms with E-state index in [1.807, 2.05) is 7.05 Å². The Morgan fingerprint density at radius 3 is 2.94 bits per heavy atom. The van der Waals surface area contributed by atoms with Crippen molar-refractivity contribution in [3.8, 4) is 0 Å². The summed E-state index contributed by atoms with van der Waals surface area (Å²) in [5.41, 5.74) is 2.49. The number of carbonyl (C=O) groups is 1. The summed E-state index contributed by atoms with van der Waals surface area (Å²) in [5, 5.41) is 2.88. The number of nitrogen functional groups attached to an aromatic ring is 1. The van der Waals surface area contributed by atoms with Gasteiger partial charge in [0.25, 0.3) is 5.91 Å². The van der Waals surface area contributed by atoms with E-state index in [9.17, 15) is 9.18 Å². The number of rotatable bonds is 3. The van der Waals surface area contributed by atoms with Gasteiger partial charge in [0, 0.05) is 12.6 Å². The van der Waals surface area contributed by atoms with Crippen LogP contribution >= 0.6 is 0 Å². The fourth-order valence-corrected chi connectivity index (χ4v) is 2.18. The molecule has 1 atom stereocenters. The Bertz CT molecular complexity index is 452. The Morgan fingerprint density at radius 1 is 1.56 bits per heavy atom. The average Bonchev–Trinajstić information content (AvgIpc) is 2.74. The molecule has 0 radical (unpaired) electrons. The van der Waals surface area contributed by atoms with Gasteiger partial charge in [-0.15, -0.1) is 0 Å². The lowest BCUT2D eigenvalue weighted by Crippen LogP contribution is -2.37. The normalized spacial score (nSPS) is 19.8. The van der Waals surface area contributed by atoms with Crippen LogP contribution in [0.25, 0.3) is 0 Å². The molecule has 0 bridgehead atoms. The van der Waals surface area contributed by atoms with Crippen molar-refractivity contribution in [2.75, 3.05) is 25.6 Å². The standard InChI is InChI=1S/C12H17FN4O/c1-17-6-5-8(7-17)15-12(18)9-3-2-4-10(13)11(9)16-14/h2-4,8,16H,5-7,14H2,1H3,(H,15,18). The molecule has 0 saturated carbocycles. The summed E-state index contributed by atoms with van der Waals surface area (Å²) in [6.45, 7) is 1.77. The fourth-order valence-electron chi connectivity index (χ4n) is 2.18. The largest absolute Gasteiger partial charge is 0.348 e. The minimum Gasteiger partial charge on any atom is -0.348 e. The number of carbonyl (C=O) groups excluding carboxylic acids is 1. The molecule has 5 nitrogen and oxygen atoms in total. The Balaban J connectivity index is 2.11. The van der Waals surface area contributed by atoms with Crippen LogP contribution in [0.5, 0.6) is 0 Å². The lowest BCUT2D eigenvalue weighted by atomic mass is 10.1. The Hall–Kier alpha value is -1.66. The first-order valence-electron chi connectivity index (χ1n) is 5.86. The highest BCUT2D eigenvalue weighted by Crippen LogP contribution is 2.19.